The molecule has 2 heterocycles. The van der Waals surface area contributed by atoms with Crippen LogP contribution in [0.15, 0.2) is 48.9 Å². The second-order valence-corrected chi connectivity index (χ2v) is 4.18. The predicted molar refractivity (Wildman–Crippen MR) is 70.3 cm³/mol. The fourth-order valence-electron chi connectivity index (χ4n) is 1.95. The number of aromatic nitrogens is 2. The first-order chi connectivity index (χ1) is 8.83. The highest BCUT2D eigenvalue weighted by Gasteiger charge is 2.06. The van der Waals surface area contributed by atoms with Crippen molar-refractivity contribution in [3.8, 4) is 0 Å². The van der Waals surface area contributed by atoms with Crippen molar-refractivity contribution < 1.29 is 4.79 Å². The highest BCUT2D eigenvalue weighted by molar-refractivity contribution is 5.98. The average molecular weight is 239 g/mol. The number of rotatable bonds is 3. The molecular formula is C14H13N3O. The molecule has 0 spiro atoms. The molecule has 0 aliphatic rings. The van der Waals surface area contributed by atoms with Gasteiger partial charge in [0.15, 0.2) is 0 Å². The average Bonchev–Trinajstić information content (AvgIpc) is 3.05. The van der Waals surface area contributed by atoms with Crippen LogP contribution in [-0.4, -0.2) is 15.9 Å². The molecule has 0 bridgehead atoms. The predicted octanol–water partition coefficient (Wildman–Crippen LogP) is 2.43. The fourth-order valence-corrected chi connectivity index (χ4v) is 1.95. The van der Waals surface area contributed by atoms with Crippen LogP contribution in [-0.2, 0) is 6.54 Å². The van der Waals surface area contributed by atoms with E-state index in [9.17, 15) is 4.79 Å². The molecule has 4 nitrogen and oxygen atoms in total. The molecule has 0 aliphatic heterocycles. The lowest BCUT2D eigenvalue weighted by atomic mass is 10.1. The molecule has 2 aromatic heterocycles. The number of hydrogen-bond donors (Lipinski definition) is 3. The van der Waals surface area contributed by atoms with Crippen molar-refractivity contribution in [2.45, 2.75) is 6.54 Å². The number of carbonyl (C=O) groups is 1. The molecule has 0 saturated carbocycles. The molecule has 4 heteroatoms. The summed E-state index contributed by atoms with van der Waals surface area (Å²) in [4.78, 5) is 18.0. The summed E-state index contributed by atoms with van der Waals surface area (Å²) >= 11 is 0. The van der Waals surface area contributed by atoms with Crippen LogP contribution < -0.4 is 5.32 Å². The number of benzene rings is 1. The first-order valence-corrected chi connectivity index (χ1v) is 5.80. The van der Waals surface area contributed by atoms with Gasteiger partial charge in [-0.2, -0.15) is 0 Å². The van der Waals surface area contributed by atoms with Crippen molar-refractivity contribution in [3.05, 3.63) is 60.0 Å². The van der Waals surface area contributed by atoms with Gasteiger partial charge in [-0.05, 0) is 35.9 Å². The van der Waals surface area contributed by atoms with E-state index in [1.54, 1.807) is 0 Å². The molecule has 1 aromatic carbocycles. The summed E-state index contributed by atoms with van der Waals surface area (Å²) in [5.41, 5.74) is 2.78. The van der Waals surface area contributed by atoms with E-state index < -0.39 is 0 Å². The summed E-state index contributed by atoms with van der Waals surface area (Å²) in [6.07, 6.45) is 5.58. The summed E-state index contributed by atoms with van der Waals surface area (Å²) in [6.45, 7) is 0.535. The minimum Gasteiger partial charge on any atom is -0.367 e. The molecule has 18 heavy (non-hydrogen) atoms. The summed E-state index contributed by atoms with van der Waals surface area (Å²) < 4.78 is 0. The minimum absolute atomic E-state index is 0.0562. The van der Waals surface area contributed by atoms with Crippen LogP contribution in [0.3, 0.4) is 0 Å². The van der Waals surface area contributed by atoms with Gasteiger partial charge in [-0.1, -0.05) is 0 Å². The summed E-state index contributed by atoms with van der Waals surface area (Å²) in [6, 6.07) is 9.53. The maximum Gasteiger partial charge on any atom is 0.251 e. The fraction of sp³-hybridized carbons (Fsp3) is 0.0714. The Hall–Kier alpha value is -2.49. The van der Waals surface area contributed by atoms with Gasteiger partial charge in [-0.15, -0.1) is 0 Å². The topological polar surface area (TPSA) is 60.7 Å². The number of hydrogen-bond acceptors (Lipinski definition) is 1. The zero-order valence-electron chi connectivity index (χ0n) is 9.73. The molecule has 0 saturated heterocycles. The Morgan fingerprint density at radius 3 is 2.94 bits per heavy atom. The van der Waals surface area contributed by atoms with Crippen molar-refractivity contribution in [2.24, 2.45) is 0 Å². The first-order valence-electron chi connectivity index (χ1n) is 5.80. The van der Waals surface area contributed by atoms with Gasteiger partial charge in [-0.25, -0.2) is 0 Å². The highest BCUT2D eigenvalue weighted by atomic mass is 16.1. The van der Waals surface area contributed by atoms with E-state index >= 15 is 0 Å². The Bertz CT molecular complexity index is 667. The van der Waals surface area contributed by atoms with Crippen molar-refractivity contribution in [3.63, 3.8) is 0 Å². The third-order valence-electron chi connectivity index (χ3n) is 2.93. The van der Waals surface area contributed by atoms with Gasteiger partial charge in [0.2, 0.25) is 0 Å². The minimum atomic E-state index is -0.0562. The van der Waals surface area contributed by atoms with Crippen LogP contribution in [0, 0.1) is 0 Å². The lowest BCUT2D eigenvalue weighted by Crippen LogP contribution is -2.22. The van der Waals surface area contributed by atoms with E-state index in [1.807, 2.05) is 48.9 Å². The van der Waals surface area contributed by atoms with Gasteiger partial charge < -0.3 is 15.3 Å². The number of aromatic amines is 2. The number of fused-ring (bicyclic) bond motifs is 1. The maximum atomic E-state index is 12.0. The Morgan fingerprint density at radius 2 is 2.11 bits per heavy atom. The molecule has 3 rings (SSSR count). The number of H-pyrrole nitrogens is 2. The quantitative estimate of drug-likeness (QED) is 0.646. The van der Waals surface area contributed by atoms with Crippen LogP contribution in [0.4, 0.5) is 0 Å². The van der Waals surface area contributed by atoms with E-state index in [4.69, 9.17) is 0 Å². The smallest absolute Gasteiger partial charge is 0.251 e. The van der Waals surface area contributed by atoms with Gasteiger partial charge in [-0.3, -0.25) is 4.79 Å². The van der Waals surface area contributed by atoms with E-state index in [0.717, 1.165) is 16.5 Å². The Morgan fingerprint density at radius 1 is 1.17 bits per heavy atom. The molecule has 0 aliphatic carbocycles. The summed E-state index contributed by atoms with van der Waals surface area (Å²) in [5.74, 6) is -0.0562. The Labute approximate surface area is 104 Å². The molecule has 1 amide bonds. The molecule has 3 N–H and O–H groups in total. The molecule has 0 unspecified atom stereocenters. The van der Waals surface area contributed by atoms with Gasteiger partial charge in [0.25, 0.3) is 5.91 Å². The third kappa shape index (κ3) is 2.00. The normalized spacial score (nSPS) is 10.7. The lowest BCUT2D eigenvalue weighted by molar-refractivity contribution is 0.0951. The van der Waals surface area contributed by atoms with Crippen LogP contribution in [0.2, 0.25) is 0 Å². The maximum absolute atomic E-state index is 12.0. The second kappa shape index (κ2) is 4.41. The number of nitrogens with one attached hydrogen (secondary N) is 3. The van der Waals surface area contributed by atoms with E-state index in [1.165, 1.54) is 0 Å². The van der Waals surface area contributed by atoms with E-state index in [-0.39, 0.29) is 5.91 Å². The van der Waals surface area contributed by atoms with Crippen molar-refractivity contribution in [1.29, 1.82) is 0 Å². The monoisotopic (exact) mass is 239 g/mol. The van der Waals surface area contributed by atoms with Crippen molar-refractivity contribution in [1.82, 2.24) is 15.3 Å². The van der Waals surface area contributed by atoms with Gasteiger partial charge in [0.1, 0.15) is 0 Å². The molecule has 0 radical (unpaired) electrons. The Balaban J connectivity index is 1.75. The van der Waals surface area contributed by atoms with Crippen molar-refractivity contribution >= 4 is 16.8 Å². The van der Waals surface area contributed by atoms with Gasteiger partial charge in [0, 0.05) is 41.6 Å². The molecule has 0 fully saturated rings. The first kappa shape index (κ1) is 10.7. The highest BCUT2D eigenvalue weighted by Crippen LogP contribution is 2.14. The molecule has 0 atom stereocenters. The SMILES string of the molecule is O=C(NCc1cc[nH]c1)c1ccc2[nH]ccc2c1. The van der Waals surface area contributed by atoms with Crippen LogP contribution >= 0.6 is 0 Å². The second-order valence-electron chi connectivity index (χ2n) is 4.18. The standard InChI is InChI=1S/C14H13N3O/c18-14(17-9-10-3-5-15-8-10)12-1-2-13-11(7-12)4-6-16-13/h1-8,15-16H,9H2,(H,17,18). The van der Waals surface area contributed by atoms with E-state index in [0.29, 0.717) is 12.1 Å². The molecular weight excluding hydrogens is 226 g/mol. The largest absolute Gasteiger partial charge is 0.367 e. The van der Waals surface area contributed by atoms with Crippen LogP contribution in [0.25, 0.3) is 10.9 Å². The zero-order chi connectivity index (χ0) is 12.4. The summed E-state index contributed by atoms with van der Waals surface area (Å²) in [5, 5.41) is 3.93. The van der Waals surface area contributed by atoms with Crippen LogP contribution in [0.5, 0.6) is 0 Å². The third-order valence-corrected chi connectivity index (χ3v) is 2.93. The zero-order valence-corrected chi connectivity index (χ0v) is 9.73. The number of carbonyl (C=O) groups excluding carboxylic acids is 1. The van der Waals surface area contributed by atoms with Crippen LogP contribution in [0.1, 0.15) is 15.9 Å². The molecule has 90 valence electrons. The summed E-state index contributed by atoms with van der Waals surface area (Å²) in [7, 11) is 0. The number of amides is 1. The van der Waals surface area contributed by atoms with E-state index in [2.05, 4.69) is 15.3 Å². The Kier molecular flexibility index (Phi) is 2.61. The van der Waals surface area contributed by atoms with Gasteiger partial charge >= 0.3 is 0 Å². The lowest BCUT2D eigenvalue weighted by Gasteiger charge is -2.04. The van der Waals surface area contributed by atoms with Gasteiger partial charge in [0.05, 0.1) is 0 Å². The molecule has 3 aromatic rings. The van der Waals surface area contributed by atoms with Crippen molar-refractivity contribution in [2.75, 3.05) is 0 Å².